The van der Waals surface area contributed by atoms with Crippen molar-refractivity contribution in [1.29, 1.82) is 0 Å². The zero-order valence-corrected chi connectivity index (χ0v) is 17.7. The lowest BCUT2D eigenvalue weighted by molar-refractivity contribution is -0.137. The fourth-order valence-electron chi connectivity index (χ4n) is 4.11. The van der Waals surface area contributed by atoms with Gasteiger partial charge in [-0.2, -0.15) is 13.2 Å². The van der Waals surface area contributed by atoms with Gasteiger partial charge in [-0.3, -0.25) is 4.90 Å². The summed E-state index contributed by atoms with van der Waals surface area (Å²) in [4.78, 5) is 2.38. The molecule has 2 fully saturated rings. The largest absolute Gasteiger partial charge is 0.416 e. The first-order valence-electron chi connectivity index (χ1n) is 8.78. The molecular formula is C18H26BrCl2F3N2. The van der Waals surface area contributed by atoms with E-state index in [2.05, 4.69) is 26.1 Å². The number of halogens is 6. The minimum Gasteiger partial charge on any atom is -0.314 e. The quantitative estimate of drug-likeness (QED) is 0.588. The van der Waals surface area contributed by atoms with Gasteiger partial charge in [0.1, 0.15) is 0 Å². The molecule has 0 radical (unpaired) electrons. The van der Waals surface area contributed by atoms with Crippen LogP contribution < -0.4 is 5.32 Å². The Morgan fingerprint density at radius 3 is 2.23 bits per heavy atom. The molecular weight excluding hydrogens is 452 g/mol. The van der Waals surface area contributed by atoms with Crippen LogP contribution in [0.4, 0.5) is 13.2 Å². The van der Waals surface area contributed by atoms with Crippen molar-refractivity contribution in [2.24, 2.45) is 5.92 Å². The van der Waals surface area contributed by atoms with Crippen LogP contribution >= 0.6 is 40.7 Å². The Bertz CT molecular complexity index is 542. The molecule has 1 atom stereocenters. The van der Waals surface area contributed by atoms with Crippen molar-refractivity contribution in [2.75, 3.05) is 26.2 Å². The Kier molecular flexibility index (Phi) is 9.71. The number of rotatable bonds is 3. The molecule has 1 aromatic rings. The van der Waals surface area contributed by atoms with Crippen molar-refractivity contribution in [1.82, 2.24) is 10.2 Å². The first kappa shape index (κ1) is 24.0. The van der Waals surface area contributed by atoms with Crippen LogP contribution in [0.5, 0.6) is 0 Å². The molecule has 0 bridgehead atoms. The number of benzene rings is 1. The molecule has 26 heavy (non-hydrogen) atoms. The van der Waals surface area contributed by atoms with Crippen LogP contribution in [0.3, 0.4) is 0 Å². The van der Waals surface area contributed by atoms with Crippen LogP contribution in [-0.2, 0) is 6.18 Å². The van der Waals surface area contributed by atoms with E-state index in [9.17, 15) is 13.2 Å². The molecule has 0 spiro atoms. The Balaban J connectivity index is 0.00000169. The third-order valence-corrected chi connectivity index (χ3v) is 6.01. The standard InChI is InChI=1S/C18H24BrF3N2.2ClH/c19-16-7-6-14(18(20,21)22)12-15(16)17(13-4-2-1-3-5-13)24-10-8-23-9-11-24;;/h6-7,12-13,17,23H,1-5,8-11H2;2*1H/t17-;;/m0../s1. The number of piperazine rings is 1. The van der Waals surface area contributed by atoms with E-state index in [1.54, 1.807) is 6.07 Å². The summed E-state index contributed by atoms with van der Waals surface area (Å²) in [7, 11) is 0. The summed E-state index contributed by atoms with van der Waals surface area (Å²) >= 11 is 3.52. The van der Waals surface area contributed by atoms with Gasteiger partial charge in [-0.1, -0.05) is 35.2 Å². The number of hydrogen-bond donors (Lipinski definition) is 1. The molecule has 150 valence electrons. The van der Waals surface area contributed by atoms with Crippen molar-refractivity contribution < 1.29 is 13.2 Å². The Hall–Kier alpha value is -0.0100. The minimum atomic E-state index is -4.30. The van der Waals surface area contributed by atoms with Gasteiger partial charge in [0.15, 0.2) is 0 Å². The van der Waals surface area contributed by atoms with Gasteiger partial charge in [0.05, 0.1) is 5.56 Å². The summed E-state index contributed by atoms with van der Waals surface area (Å²) in [6.07, 6.45) is 1.53. The maximum Gasteiger partial charge on any atom is 0.416 e. The van der Waals surface area contributed by atoms with Crippen LogP contribution in [0.2, 0.25) is 0 Å². The smallest absolute Gasteiger partial charge is 0.314 e. The average molecular weight is 478 g/mol. The number of nitrogens with zero attached hydrogens (tertiary/aromatic N) is 1. The lowest BCUT2D eigenvalue weighted by Gasteiger charge is -2.41. The number of hydrogen-bond acceptors (Lipinski definition) is 2. The van der Waals surface area contributed by atoms with Gasteiger partial charge in [0, 0.05) is 36.7 Å². The summed E-state index contributed by atoms with van der Waals surface area (Å²) in [6, 6.07) is 4.18. The minimum absolute atomic E-state index is 0. The van der Waals surface area contributed by atoms with Crippen LogP contribution in [0, 0.1) is 5.92 Å². The van der Waals surface area contributed by atoms with E-state index in [-0.39, 0.29) is 30.9 Å². The summed E-state index contributed by atoms with van der Waals surface area (Å²) in [5.41, 5.74) is 0.260. The highest BCUT2D eigenvalue weighted by molar-refractivity contribution is 9.10. The molecule has 0 unspecified atom stereocenters. The Morgan fingerprint density at radius 2 is 1.65 bits per heavy atom. The third-order valence-electron chi connectivity index (χ3n) is 5.28. The van der Waals surface area contributed by atoms with Gasteiger partial charge in [-0.15, -0.1) is 24.8 Å². The Labute approximate surface area is 174 Å². The molecule has 1 saturated heterocycles. The average Bonchev–Trinajstić information content (AvgIpc) is 2.58. The predicted octanol–water partition coefficient (Wildman–Crippen LogP) is 5.84. The van der Waals surface area contributed by atoms with Crippen molar-refractivity contribution >= 4 is 40.7 Å². The molecule has 1 saturated carbocycles. The van der Waals surface area contributed by atoms with E-state index in [0.717, 1.165) is 49.1 Å². The lowest BCUT2D eigenvalue weighted by atomic mass is 9.80. The van der Waals surface area contributed by atoms with Crippen molar-refractivity contribution in [3.05, 3.63) is 33.8 Å². The SMILES string of the molecule is Cl.Cl.FC(F)(F)c1ccc(Br)c([C@H](C2CCCCC2)N2CCNCC2)c1. The van der Waals surface area contributed by atoms with Crippen LogP contribution in [0.1, 0.15) is 49.3 Å². The van der Waals surface area contributed by atoms with Gasteiger partial charge < -0.3 is 5.32 Å². The molecule has 1 aliphatic heterocycles. The predicted molar refractivity (Wildman–Crippen MR) is 107 cm³/mol. The second kappa shape index (κ2) is 10.5. The maximum absolute atomic E-state index is 13.2. The number of nitrogens with one attached hydrogen (secondary N) is 1. The molecule has 1 aromatic carbocycles. The van der Waals surface area contributed by atoms with Crippen molar-refractivity contribution in [3.8, 4) is 0 Å². The zero-order chi connectivity index (χ0) is 17.2. The zero-order valence-electron chi connectivity index (χ0n) is 14.5. The number of alkyl halides is 3. The molecule has 1 N–H and O–H groups in total. The monoisotopic (exact) mass is 476 g/mol. The highest BCUT2D eigenvalue weighted by Crippen LogP contribution is 2.42. The second-order valence-electron chi connectivity index (χ2n) is 6.86. The molecule has 2 nitrogen and oxygen atoms in total. The van der Waals surface area contributed by atoms with Crippen LogP contribution in [0.15, 0.2) is 22.7 Å². The van der Waals surface area contributed by atoms with Gasteiger partial charge in [0.25, 0.3) is 0 Å². The summed E-state index contributed by atoms with van der Waals surface area (Å²) in [5.74, 6) is 0.441. The fourth-order valence-corrected chi connectivity index (χ4v) is 4.59. The molecule has 0 amide bonds. The highest BCUT2D eigenvalue weighted by atomic mass is 79.9. The molecule has 8 heteroatoms. The molecule has 3 rings (SSSR count). The first-order chi connectivity index (χ1) is 11.5. The first-order valence-corrected chi connectivity index (χ1v) is 9.57. The highest BCUT2D eigenvalue weighted by Gasteiger charge is 2.35. The van der Waals surface area contributed by atoms with Crippen LogP contribution in [-0.4, -0.2) is 31.1 Å². The molecule has 1 heterocycles. The lowest BCUT2D eigenvalue weighted by Crippen LogP contribution is -2.47. The van der Waals surface area contributed by atoms with Crippen molar-refractivity contribution in [3.63, 3.8) is 0 Å². The Morgan fingerprint density at radius 1 is 1.04 bits per heavy atom. The molecule has 0 aromatic heterocycles. The van der Waals surface area contributed by atoms with Gasteiger partial charge >= 0.3 is 6.18 Å². The topological polar surface area (TPSA) is 15.3 Å². The fraction of sp³-hybridized carbons (Fsp3) is 0.667. The van der Waals surface area contributed by atoms with Gasteiger partial charge in [0.2, 0.25) is 0 Å². The van der Waals surface area contributed by atoms with E-state index in [1.807, 2.05) is 0 Å². The van der Waals surface area contributed by atoms with Gasteiger partial charge in [-0.05, 0) is 42.5 Å². The van der Waals surface area contributed by atoms with E-state index in [4.69, 9.17) is 0 Å². The van der Waals surface area contributed by atoms with Crippen molar-refractivity contribution in [2.45, 2.75) is 44.3 Å². The van der Waals surface area contributed by atoms with Crippen LogP contribution in [0.25, 0.3) is 0 Å². The second-order valence-corrected chi connectivity index (χ2v) is 7.72. The summed E-state index contributed by atoms with van der Waals surface area (Å²) < 4.78 is 40.4. The normalized spacial score (nSPS) is 20.8. The van der Waals surface area contributed by atoms with E-state index >= 15 is 0 Å². The third kappa shape index (κ3) is 5.74. The molecule has 1 aliphatic carbocycles. The maximum atomic E-state index is 13.2. The van der Waals surface area contributed by atoms with E-state index < -0.39 is 11.7 Å². The summed E-state index contributed by atoms with van der Waals surface area (Å²) in [5, 5.41) is 3.34. The van der Waals surface area contributed by atoms with E-state index in [1.165, 1.54) is 31.4 Å². The molecule has 2 aliphatic rings. The van der Waals surface area contributed by atoms with E-state index in [0.29, 0.717) is 5.92 Å². The van der Waals surface area contributed by atoms with Gasteiger partial charge in [-0.25, -0.2) is 0 Å². The summed E-state index contributed by atoms with van der Waals surface area (Å²) in [6.45, 7) is 3.59.